The van der Waals surface area contributed by atoms with Crippen LogP contribution in [0.15, 0.2) is 29.2 Å². The summed E-state index contributed by atoms with van der Waals surface area (Å²) < 4.78 is 29.8. The Hall–Kier alpha value is -1.60. The molecule has 0 saturated heterocycles. The maximum atomic E-state index is 12.4. The third-order valence-electron chi connectivity index (χ3n) is 2.99. The number of rotatable bonds is 7. The van der Waals surface area contributed by atoms with Crippen LogP contribution in [0.3, 0.4) is 0 Å². The topological polar surface area (TPSA) is 92.7 Å². The number of methoxy groups -OCH3 is 1. The van der Waals surface area contributed by atoms with Crippen LogP contribution in [-0.4, -0.2) is 31.9 Å². The van der Waals surface area contributed by atoms with Crippen LogP contribution in [0.2, 0.25) is 0 Å². The van der Waals surface area contributed by atoms with Gasteiger partial charge in [-0.1, -0.05) is 19.8 Å². The normalized spacial score (nSPS) is 12.8. The van der Waals surface area contributed by atoms with E-state index in [2.05, 4.69) is 0 Å². The Morgan fingerprint density at radius 1 is 1.35 bits per heavy atom. The Balaban J connectivity index is 3.10. The number of benzene rings is 1. The zero-order valence-electron chi connectivity index (χ0n) is 11.5. The number of nitrogens with one attached hydrogen (secondary N) is 1. The molecular weight excluding hydrogens is 282 g/mol. The van der Waals surface area contributed by atoms with Gasteiger partial charge in [-0.05, 0) is 30.7 Å². The lowest BCUT2D eigenvalue weighted by Crippen LogP contribution is -2.38. The number of hydroxylamine groups is 1. The summed E-state index contributed by atoms with van der Waals surface area (Å²) in [6.45, 7) is 1.90. The molecule has 6 nitrogen and oxygen atoms in total. The average Bonchev–Trinajstić information content (AvgIpc) is 2.47. The van der Waals surface area contributed by atoms with Crippen LogP contribution < -0.4 is 10.2 Å². The average molecular weight is 301 g/mol. The zero-order chi connectivity index (χ0) is 15.2. The molecule has 1 aromatic carbocycles. The molecule has 0 aliphatic carbocycles. The van der Waals surface area contributed by atoms with Crippen LogP contribution in [0.25, 0.3) is 0 Å². The summed E-state index contributed by atoms with van der Waals surface area (Å²) in [5, 5.41) is 7.42. The number of amides is 1. The maximum Gasteiger partial charge on any atom is 0.262 e. The molecule has 0 aromatic heterocycles. The van der Waals surface area contributed by atoms with Crippen LogP contribution in [-0.2, 0) is 14.6 Å². The van der Waals surface area contributed by atoms with Crippen molar-refractivity contribution >= 4 is 15.7 Å². The van der Waals surface area contributed by atoms with Gasteiger partial charge in [-0.25, -0.2) is 13.9 Å². The van der Waals surface area contributed by atoms with Crippen molar-refractivity contribution in [1.82, 2.24) is 5.48 Å². The van der Waals surface area contributed by atoms with Gasteiger partial charge in [0.15, 0.2) is 9.84 Å². The second-order valence-corrected chi connectivity index (χ2v) is 6.46. The van der Waals surface area contributed by atoms with Crippen molar-refractivity contribution in [3.05, 3.63) is 24.3 Å². The highest BCUT2D eigenvalue weighted by molar-refractivity contribution is 7.92. The van der Waals surface area contributed by atoms with Crippen LogP contribution in [0.4, 0.5) is 0 Å². The Bertz CT molecular complexity index is 538. The van der Waals surface area contributed by atoms with E-state index in [0.717, 1.165) is 6.42 Å². The van der Waals surface area contributed by atoms with Crippen molar-refractivity contribution in [3.8, 4) is 5.75 Å². The zero-order valence-corrected chi connectivity index (χ0v) is 12.3. The van der Waals surface area contributed by atoms with Crippen molar-refractivity contribution in [3.63, 3.8) is 0 Å². The predicted octanol–water partition coefficient (Wildman–Crippen LogP) is 1.53. The Morgan fingerprint density at radius 3 is 2.40 bits per heavy atom. The molecule has 0 bridgehead atoms. The largest absolute Gasteiger partial charge is 0.497 e. The minimum absolute atomic E-state index is 0.0306. The molecule has 1 amide bonds. The Kier molecular flexibility index (Phi) is 5.97. The first-order valence-corrected chi connectivity index (χ1v) is 7.83. The molecule has 1 unspecified atom stereocenters. The van der Waals surface area contributed by atoms with E-state index in [1.54, 1.807) is 0 Å². The molecule has 7 heteroatoms. The maximum absolute atomic E-state index is 12.4. The lowest BCUT2D eigenvalue weighted by molar-refractivity contribution is -0.128. The molecule has 0 saturated carbocycles. The summed E-state index contributed by atoms with van der Waals surface area (Å²) in [5.74, 6) is -0.380. The van der Waals surface area contributed by atoms with Gasteiger partial charge in [-0.15, -0.1) is 0 Å². The van der Waals surface area contributed by atoms with Crippen LogP contribution >= 0.6 is 0 Å². The second-order valence-electron chi connectivity index (χ2n) is 4.33. The summed E-state index contributed by atoms with van der Waals surface area (Å²) in [4.78, 5) is 11.6. The molecule has 20 heavy (non-hydrogen) atoms. The minimum Gasteiger partial charge on any atom is -0.497 e. The molecule has 0 radical (unpaired) electrons. The van der Waals surface area contributed by atoms with Gasteiger partial charge >= 0.3 is 0 Å². The smallest absolute Gasteiger partial charge is 0.262 e. The SMILES string of the molecule is CCCCC(C(=O)NO)S(=O)(=O)c1ccc(OC)cc1. The van der Waals surface area contributed by atoms with E-state index < -0.39 is 21.0 Å². The summed E-state index contributed by atoms with van der Waals surface area (Å²) in [7, 11) is -2.36. The minimum atomic E-state index is -3.84. The molecule has 2 N–H and O–H groups in total. The van der Waals surface area contributed by atoms with E-state index in [-0.39, 0.29) is 11.3 Å². The van der Waals surface area contributed by atoms with Gasteiger partial charge in [0.05, 0.1) is 12.0 Å². The van der Waals surface area contributed by atoms with Gasteiger partial charge in [0.2, 0.25) is 0 Å². The first-order chi connectivity index (χ1) is 9.47. The molecule has 0 aliphatic heterocycles. The highest BCUT2D eigenvalue weighted by Crippen LogP contribution is 2.22. The monoisotopic (exact) mass is 301 g/mol. The van der Waals surface area contributed by atoms with Crippen molar-refractivity contribution in [1.29, 1.82) is 0 Å². The van der Waals surface area contributed by atoms with E-state index >= 15 is 0 Å². The molecule has 0 aliphatic rings. The van der Waals surface area contributed by atoms with E-state index in [9.17, 15) is 13.2 Å². The summed E-state index contributed by atoms with van der Waals surface area (Å²) >= 11 is 0. The fraction of sp³-hybridized carbons (Fsp3) is 0.462. The van der Waals surface area contributed by atoms with Crippen molar-refractivity contribution in [2.75, 3.05) is 7.11 Å². The van der Waals surface area contributed by atoms with E-state index in [1.807, 2.05) is 6.92 Å². The van der Waals surface area contributed by atoms with E-state index in [1.165, 1.54) is 36.9 Å². The van der Waals surface area contributed by atoms with Gasteiger partial charge < -0.3 is 4.74 Å². The van der Waals surface area contributed by atoms with Crippen LogP contribution in [0.1, 0.15) is 26.2 Å². The second kappa shape index (κ2) is 7.25. The number of sulfone groups is 1. The summed E-state index contributed by atoms with van der Waals surface area (Å²) in [6, 6.07) is 5.80. The van der Waals surface area contributed by atoms with Crippen molar-refractivity contribution in [2.45, 2.75) is 36.3 Å². The number of hydrogen-bond acceptors (Lipinski definition) is 5. The van der Waals surface area contributed by atoms with Crippen molar-refractivity contribution < 1.29 is 23.2 Å². The third-order valence-corrected chi connectivity index (χ3v) is 5.11. The van der Waals surface area contributed by atoms with Gasteiger partial charge in [0, 0.05) is 0 Å². The fourth-order valence-electron chi connectivity index (χ4n) is 1.82. The lowest BCUT2D eigenvalue weighted by Gasteiger charge is -2.15. The molecule has 1 atom stereocenters. The molecule has 1 rings (SSSR count). The van der Waals surface area contributed by atoms with Gasteiger partial charge in [0.1, 0.15) is 11.0 Å². The number of carbonyl (C=O) groups is 1. The number of hydrogen-bond donors (Lipinski definition) is 2. The fourth-order valence-corrected chi connectivity index (χ4v) is 3.47. The molecule has 0 fully saturated rings. The van der Waals surface area contributed by atoms with Crippen LogP contribution in [0, 0.1) is 0 Å². The Morgan fingerprint density at radius 2 is 1.95 bits per heavy atom. The quantitative estimate of drug-likeness (QED) is 0.588. The van der Waals surface area contributed by atoms with Crippen molar-refractivity contribution in [2.24, 2.45) is 0 Å². The predicted molar refractivity (Wildman–Crippen MR) is 73.4 cm³/mol. The molecule has 0 heterocycles. The number of unbranched alkanes of at least 4 members (excludes halogenated alkanes) is 1. The first kappa shape index (κ1) is 16.5. The summed E-state index contributed by atoms with van der Waals surface area (Å²) in [5.41, 5.74) is 1.43. The Labute approximate surface area is 118 Å². The van der Waals surface area contributed by atoms with E-state index in [4.69, 9.17) is 9.94 Å². The number of carbonyl (C=O) groups excluding carboxylic acids is 1. The van der Waals surface area contributed by atoms with Gasteiger partial charge in [-0.2, -0.15) is 0 Å². The third kappa shape index (κ3) is 3.71. The molecule has 1 aromatic rings. The number of ether oxygens (including phenoxy) is 1. The lowest BCUT2D eigenvalue weighted by atomic mass is 10.2. The highest BCUT2D eigenvalue weighted by atomic mass is 32.2. The van der Waals surface area contributed by atoms with Gasteiger partial charge in [0.25, 0.3) is 5.91 Å². The van der Waals surface area contributed by atoms with Crippen LogP contribution in [0.5, 0.6) is 5.75 Å². The summed E-state index contributed by atoms with van der Waals surface area (Å²) in [6.07, 6.45) is 1.50. The van der Waals surface area contributed by atoms with E-state index in [0.29, 0.717) is 12.2 Å². The molecule has 0 spiro atoms. The van der Waals surface area contributed by atoms with Gasteiger partial charge in [-0.3, -0.25) is 10.0 Å². The molecule has 112 valence electrons. The standard InChI is InChI=1S/C13H19NO5S/c1-3-4-5-12(13(15)14-16)20(17,18)11-8-6-10(19-2)7-9-11/h6-9,12,16H,3-5H2,1-2H3,(H,14,15). The molecular formula is C13H19NO5S. The first-order valence-electron chi connectivity index (χ1n) is 6.29. The highest BCUT2D eigenvalue weighted by Gasteiger charge is 2.33.